The molecule has 3 nitrogen and oxygen atoms in total. The van der Waals surface area contributed by atoms with Crippen LogP contribution < -0.4 is 0 Å². The Morgan fingerprint density at radius 3 is 1.91 bits per heavy atom. The van der Waals surface area contributed by atoms with E-state index in [1.54, 1.807) is 48.8 Å². The summed E-state index contributed by atoms with van der Waals surface area (Å²) in [6.07, 6.45) is -6.11. The Morgan fingerprint density at radius 1 is 0.594 bits per heavy atom. The molecule has 0 aliphatic heterocycles. The van der Waals surface area contributed by atoms with Crippen molar-refractivity contribution in [3.05, 3.63) is 90.4 Å². The highest BCUT2D eigenvalue weighted by molar-refractivity contribution is 5.71. The minimum absolute atomic E-state index is 0.107. The smallest absolute Gasteiger partial charge is 0.264 e. The summed E-state index contributed by atoms with van der Waals surface area (Å²) in [5.74, 6) is -0.194. The maximum Gasteiger partial charge on any atom is 0.433 e. The van der Waals surface area contributed by atoms with Crippen LogP contribution in [0.1, 0.15) is 11.3 Å². The van der Waals surface area contributed by atoms with E-state index in [9.17, 15) is 26.3 Å². The predicted octanol–water partition coefficient (Wildman–Crippen LogP) is 6.91. The van der Waals surface area contributed by atoms with Gasteiger partial charge in [0.15, 0.2) is 5.82 Å². The lowest BCUT2D eigenvalue weighted by Crippen LogP contribution is -2.10. The molecule has 0 atom stereocenters. The average molecular weight is 445 g/mol. The molecule has 9 heteroatoms. The van der Waals surface area contributed by atoms with Crippen molar-refractivity contribution < 1.29 is 26.3 Å². The van der Waals surface area contributed by atoms with Crippen LogP contribution in [0.5, 0.6) is 0 Å². The molecule has 0 radical (unpaired) electrons. The first-order chi connectivity index (χ1) is 15.1. The average Bonchev–Trinajstić information content (AvgIpc) is 2.78. The van der Waals surface area contributed by atoms with E-state index >= 15 is 0 Å². The topological polar surface area (TPSA) is 38.7 Å². The Labute approximate surface area is 178 Å². The molecule has 0 unspecified atom stereocenters. The minimum atomic E-state index is -4.76. The van der Waals surface area contributed by atoms with Gasteiger partial charge in [0.1, 0.15) is 5.69 Å². The molecule has 2 aromatic carbocycles. The second-order valence-corrected chi connectivity index (χ2v) is 6.86. The molecule has 0 saturated carbocycles. The van der Waals surface area contributed by atoms with Crippen LogP contribution in [0.3, 0.4) is 0 Å². The van der Waals surface area contributed by atoms with Crippen molar-refractivity contribution in [3.63, 3.8) is 0 Å². The van der Waals surface area contributed by atoms with Gasteiger partial charge in [-0.2, -0.15) is 26.3 Å². The van der Waals surface area contributed by atoms with Gasteiger partial charge in [-0.1, -0.05) is 36.4 Å². The lowest BCUT2D eigenvalue weighted by atomic mass is 10.0. The third-order valence-corrected chi connectivity index (χ3v) is 4.64. The lowest BCUT2D eigenvalue weighted by Gasteiger charge is -2.12. The maximum atomic E-state index is 13.5. The SMILES string of the molecule is FC(F)(F)c1ccc(-c2cc(C(F)(F)F)nc(-c3cccc(-c4cccnc4)c3)n2)cc1. The van der Waals surface area contributed by atoms with Crippen LogP contribution in [0.15, 0.2) is 79.1 Å². The van der Waals surface area contributed by atoms with Gasteiger partial charge < -0.3 is 0 Å². The summed E-state index contributed by atoms with van der Waals surface area (Å²) in [4.78, 5) is 11.9. The molecule has 2 heterocycles. The summed E-state index contributed by atoms with van der Waals surface area (Å²) in [5.41, 5.74) is -0.346. The van der Waals surface area contributed by atoms with Crippen LogP contribution in [0.25, 0.3) is 33.8 Å². The molecule has 0 aliphatic carbocycles. The number of halogens is 6. The Balaban J connectivity index is 1.82. The molecule has 2 aromatic heterocycles. The molecule has 162 valence electrons. The number of nitrogens with zero attached hydrogens (tertiary/aromatic N) is 3. The highest BCUT2D eigenvalue weighted by atomic mass is 19.4. The summed E-state index contributed by atoms with van der Waals surface area (Å²) in [5, 5.41) is 0. The zero-order valence-electron chi connectivity index (χ0n) is 16.1. The van der Waals surface area contributed by atoms with Gasteiger partial charge in [0.25, 0.3) is 0 Å². The normalized spacial score (nSPS) is 12.1. The van der Waals surface area contributed by atoms with Crippen LogP contribution in [0.2, 0.25) is 0 Å². The summed E-state index contributed by atoms with van der Waals surface area (Å²) in [6, 6.07) is 14.6. The van der Waals surface area contributed by atoms with E-state index < -0.39 is 23.6 Å². The van der Waals surface area contributed by atoms with Crippen LogP contribution in [0.4, 0.5) is 26.3 Å². The fourth-order valence-electron chi connectivity index (χ4n) is 3.07. The number of rotatable bonds is 3. The molecule has 0 amide bonds. The van der Waals surface area contributed by atoms with E-state index in [-0.39, 0.29) is 17.1 Å². The van der Waals surface area contributed by atoms with Crippen LogP contribution in [-0.2, 0) is 12.4 Å². The van der Waals surface area contributed by atoms with E-state index in [4.69, 9.17) is 0 Å². The Morgan fingerprint density at radius 2 is 1.28 bits per heavy atom. The lowest BCUT2D eigenvalue weighted by molar-refractivity contribution is -0.141. The summed E-state index contributed by atoms with van der Waals surface area (Å²) < 4.78 is 79.0. The second kappa shape index (κ2) is 8.07. The second-order valence-electron chi connectivity index (χ2n) is 6.86. The molecule has 32 heavy (non-hydrogen) atoms. The Kier molecular flexibility index (Phi) is 5.41. The van der Waals surface area contributed by atoms with Crippen LogP contribution >= 0.6 is 0 Å². The molecule has 0 saturated heterocycles. The van der Waals surface area contributed by atoms with Crippen molar-refractivity contribution in [3.8, 4) is 33.8 Å². The molecule has 4 rings (SSSR count). The predicted molar refractivity (Wildman–Crippen MR) is 106 cm³/mol. The summed E-state index contributed by atoms with van der Waals surface area (Å²) in [6.45, 7) is 0. The maximum absolute atomic E-state index is 13.5. The highest BCUT2D eigenvalue weighted by Gasteiger charge is 2.34. The van der Waals surface area contributed by atoms with Crippen molar-refractivity contribution in [2.24, 2.45) is 0 Å². The monoisotopic (exact) mass is 445 g/mol. The summed E-state index contributed by atoms with van der Waals surface area (Å²) >= 11 is 0. The first-order valence-corrected chi connectivity index (χ1v) is 9.26. The largest absolute Gasteiger partial charge is 0.433 e. The van der Waals surface area contributed by atoms with Gasteiger partial charge in [-0.3, -0.25) is 4.98 Å². The van der Waals surface area contributed by atoms with Gasteiger partial charge in [0.2, 0.25) is 0 Å². The standard InChI is InChI=1S/C23H13F6N3/c24-22(25,26)18-8-6-14(7-9-18)19-12-20(23(27,28)29)32-21(31-19)16-4-1-3-15(11-16)17-5-2-10-30-13-17/h1-13H. The van der Waals surface area contributed by atoms with E-state index in [1.165, 1.54) is 0 Å². The number of aromatic nitrogens is 3. The van der Waals surface area contributed by atoms with Crippen molar-refractivity contribution in [1.29, 1.82) is 0 Å². The quantitative estimate of drug-likeness (QED) is 0.322. The Hall–Kier alpha value is -3.75. The minimum Gasteiger partial charge on any atom is -0.264 e. The van der Waals surface area contributed by atoms with E-state index in [1.807, 2.05) is 0 Å². The first kappa shape index (κ1) is 21.5. The molecule has 0 fully saturated rings. The number of benzene rings is 2. The first-order valence-electron chi connectivity index (χ1n) is 9.26. The van der Waals surface area contributed by atoms with Gasteiger partial charge in [-0.05, 0) is 35.9 Å². The summed E-state index contributed by atoms with van der Waals surface area (Å²) in [7, 11) is 0. The molecule has 0 spiro atoms. The van der Waals surface area contributed by atoms with Crippen molar-refractivity contribution in [1.82, 2.24) is 15.0 Å². The zero-order chi connectivity index (χ0) is 22.9. The molecule has 0 aliphatic rings. The van der Waals surface area contributed by atoms with Gasteiger partial charge >= 0.3 is 12.4 Å². The number of hydrogen-bond donors (Lipinski definition) is 0. The zero-order valence-corrected chi connectivity index (χ0v) is 16.1. The highest BCUT2D eigenvalue weighted by Crippen LogP contribution is 2.34. The van der Waals surface area contributed by atoms with E-state index in [0.29, 0.717) is 11.1 Å². The van der Waals surface area contributed by atoms with Crippen molar-refractivity contribution >= 4 is 0 Å². The molecular formula is C23H13F6N3. The third-order valence-electron chi connectivity index (χ3n) is 4.64. The van der Waals surface area contributed by atoms with Gasteiger partial charge in [-0.25, -0.2) is 9.97 Å². The number of pyridine rings is 1. The molecule has 4 aromatic rings. The van der Waals surface area contributed by atoms with Crippen molar-refractivity contribution in [2.45, 2.75) is 12.4 Å². The van der Waals surface area contributed by atoms with Crippen molar-refractivity contribution in [2.75, 3.05) is 0 Å². The number of alkyl halides is 6. The van der Waals surface area contributed by atoms with Crippen LogP contribution in [0, 0.1) is 0 Å². The van der Waals surface area contributed by atoms with E-state index in [0.717, 1.165) is 35.9 Å². The Bertz CT molecular complexity index is 1230. The number of hydrogen-bond acceptors (Lipinski definition) is 3. The van der Waals surface area contributed by atoms with Gasteiger partial charge in [0, 0.05) is 29.1 Å². The fourth-order valence-corrected chi connectivity index (χ4v) is 3.07. The van der Waals surface area contributed by atoms with Gasteiger partial charge in [0.05, 0.1) is 11.3 Å². The fraction of sp³-hybridized carbons (Fsp3) is 0.0870. The molecular weight excluding hydrogens is 432 g/mol. The van der Waals surface area contributed by atoms with Crippen LogP contribution in [-0.4, -0.2) is 15.0 Å². The third kappa shape index (κ3) is 4.61. The molecule has 0 bridgehead atoms. The van der Waals surface area contributed by atoms with Gasteiger partial charge in [-0.15, -0.1) is 0 Å². The molecule has 0 N–H and O–H groups in total. The van der Waals surface area contributed by atoms with E-state index in [2.05, 4.69) is 15.0 Å².